The minimum Gasteiger partial charge on any atom is -0.481 e. The Morgan fingerprint density at radius 1 is 1.20 bits per heavy atom. The highest BCUT2D eigenvalue weighted by Gasteiger charge is 2.36. The first kappa shape index (κ1) is 14.9. The van der Waals surface area contributed by atoms with Crippen molar-refractivity contribution in [2.75, 3.05) is 13.2 Å². The van der Waals surface area contributed by atoms with Crippen molar-refractivity contribution in [1.29, 1.82) is 0 Å². The number of ether oxygens (including phenoxy) is 1. The van der Waals surface area contributed by atoms with Crippen molar-refractivity contribution in [1.82, 2.24) is 5.32 Å². The van der Waals surface area contributed by atoms with E-state index in [1.165, 1.54) is 6.42 Å². The third kappa shape index (κ3) is 4.54. The Kier molecular flexibility index (Phi) is 5.44. The summed E-state index contributed by atoms with van der Waals surface area (Å²) in [6, 6.07) is 0. The topological polar surface area (TPSA) is 75.6 Å². The van der Waals surface area contributed by atoms with Crippen LogP contribution in [0.3, 0.4) is 0 Å². The molecule has 2 bridgehead atoms. The quantitative estimate of drug-likeness (QED) is 0.529. The maximum Gasteiger partial charge on any atom is 0.407 e. The lowest BCUT2D eigenvalue weighted by molar-refractivity contribution is -0.137. The van der Waals surface area contributed by atoms with Crippen LogP contribution in [0.1, 0.15) is 38.5 Å². The van der Waals surface area contributed by atoms with Gasteiger partial charge in [0.25, 0.3) is 0 Å². The highest BCUT2D eigenvalue weighted by molar-refractivity contribution is 5.67. The summed E-state index contributed by atoms with van der Waals surface area (Å²) >= 11 is 0. The molecule has 0 aromatic heterocycles. The number of fused-ring (bicyclic) bond motifs is 2. The largest absolute Gasteiger partial charge is 0.481 e. The molecule has 1 fully saturated rings. The molecule has 0 aromatic carbocycles. The molecule has 2 rings (SSSR count). The SMILES string of the molecule is O=C(O)CCCCCNC(=O)OCC1CC2C=CC1C2. The van der Waals surface area contributed by atoms with Crippen molar-refractivity contribution >= 4 is 12.1 Å². The molecule has 1 saturated carbocycles. The lowest BCUT2D eigenvalue weighted by Crippen LogP contribution is -2.28. The van der Waals surface area contributed by atoms with Gasteiger partial charge in [0.1, 0.15) is 0 Å². The number of amides is 1. The monoisotopic (exact) mass is 281 g/mol. The zero-order valence-corrected chi connectivity index (χ0v) is 11.7. The molecule has 20 heavy (non-hydrogen) atoms. The maximum absolute atomic E-state index is 11.5. The minimum absolute atomic E-state index is 0.197. The molecule has 2 N–H and O–H groups in total. The van der Waals surface area contributed by atoms with Crippen LogP contribution in [0.15, 0.2) is 12.2 Å². The van der Waals surface area contributed by atoms with Gasteiger partial charge < -0.3 is 15.2 Å². The highest BCUT2D eigenvalue weighted by Crippen LogP contribution is 2.43. The van der Waals surface area contributed by atoms with Crippen LogP contribution in [0.5, 0.6) is 0 Å². The van der Waals surface area contributed by atoms with Gasteiger partial charge in [0, 0.05) is 18.9 Å². The average Bonchev–Trinajstić information content (AvgIpc) is 3.02. The lowest BCUT2D eigenvalue weighted by atomic mass is 9.95. The molecular formula is C15H23NO4. The number of unbranched alkanes of at least 4 members (excludes halogenated alkanes) is 2. The van der Waals surface area contributed by atoms with Crippen LogP contribution >= 0.6 is 0 Å². The molecule has 2 aliphatic carbocycles. The summed E-state index contributed by atoms with van der Waals surface area (Å²) < 4.78 is 5.25. The van der Waals surface area contributed by atoms with Gasteiger partial charge in [0.05, 0.1) is 6.61 Å². The molecule has 3 unspecified atom stereocenters. The standard InChI is InChI=1S/C15H23NO4/c17-14(18)4-2-1-3-7-16-15(19)20-10-13-9-11-5-6-12(13)8-11/h5-6,11-13H,1-4,7-10H2,(H,16,19)(H,17,18). The van der Waals surface area contributed by atoms with Crippen molar-refractivity contribution in [2.45, 2.75) is 38.5 Å². The number of carboxylic acid groups (broad SMARTS) is 1. The second-order valence-electron chi connectivity index (χ2n) is 5.77. The fourth-order valence-electron chi connectivity index (χ4n) is 3.09. The number of carbonyl (C=O) groups excluding carboxylic acids is 1. The zero-order chi connectivity index (χ0) is 14.4. The second-order valence-corrected chi connectivity index (χ2v) is 5.77. The average molecular weight is 281 g/mol. The Morgan fingerprint density at radius 3 is 2.70 bits per heavy atom. The number of carboxylic acids is 1. The normalized spacial score (nSPS) is 26.7. The molecule has 0 spiro atoms. The van der Waals surface area contributed by atoms with Crippen LogP contribution in [0.4, 0.5) is 4.79 Å². The molecule has 3 atom stereocenters. The highest BCUT2D eigenvalue weighted by atomic mass is 16.5. The first-order valence-electron chi connectivity index (χ1n) is 7.46. The predicted molar refractivity (Wildman–Crippen MR) is 74.3 cm³/mol. The molecule has 0 aliphatic heterocycles. The summed E-state index contributed by atoms with van der Waals surface area (Å²) in [7, 11) is 0. The number of hydrogen-bond donors (Lipinski definition) is 2. The number of carbonyl (C=O) groups is 2. The fourth-order valence-corrected chi connectivity index (χ4v) is 3.09. The predicted octanol–water partition coefficient (Wildman–Crippen LogP) is 2.57. The van der Waals surface area contributed by atoms with E-state index in [1.807, 2.05) is 0 Å². The van der Waals surface area contributed by atoms with Gasteiger partial charge in [0.2, 0.25) is 0 Å². The van der Waals surface area contributed by atoms with Crippen LogP contribution in [-0.4, -0.2) is 30.3 Å². The molecule has 112 valence electrons. The van der Waals surface area contributed by atoms with Gasteiger partial charge in [-0.2, -0.15) is 0 Å². The Bertz CT molecular complexity index is 380. The third-order valence-electron chi connectivity index (χ3n) is 4.18. The van der Waals surface area contributed by atoms with E-state index in [4.69, 9.17) is 9.84 Å². The summed E-state index contributed by atoms with van der Waals surface area (Å²) in [5.74, 6) is 1.03. The summed E-state index contributed by atoms with van der Waals surface area (Å²) in [4.78, 5) is 21.8. The van der Waals surface area contributed by atoms with Crippen molar-refractivity contribution in [3.05, 3.63) is 12.2 Å². The van der Waals surface area contributed by atoms with E-state index in [9.17, 15) is 9.59 Å². The van der Waals surface area contributed by atoms with Gasteiger partial charge in [-0.1, -0.05) is 18.6 Å². The molecular weight excluding hydrogens is 258 g/mol. The molecule has 5 heteroatoms. The van der Waals surface area contributed by atoms with Gasteiger partial charge in [-0.15, -0.1) is 0 Å². The van der Waals surface area contributed by atoms with Gasteiger partial charge >= 0.3 is 12.1 Å². The summed E-state index contributed by atoms with van der Waals surface area (Å²) in [5, 5.41) is 11.2. The van der Waals surface area contributed by atoms with Crippen molar-refractivity contribution in [3.8, 4) is 0 Å². The van der Waals surface area contributed by atoms with Crippen LogP contribution in [0.25, 0.3) is 0 Å². The van der Waals surface area contributed by atoms with Crippen LogP contribution in [0, 0.1) is 17.8 Å². The number of hydrogen-bond acceptors (Lipinski definition) is 3. The van der Waals surface area contributed by atoms with E-state index in [2.05, 4.69) is 17.5 Å². The van der Waals surface area contributed by atoms with Crippen LogP contribution in [-0.2, 0) is 9.53 Å². The smallest absolute Gasteiger partial charge is 0.407 e. The summed E-state index contributed by atoms with van der Waals surface area (Å²) in [5.41, 5.74) is 0. The van der Waals surface area contributed by atoms with Crippen LogP contribution < -0.4 is 5.32 Å². The van der Waals surface area contributed by atoms with E-state index in [0.29, 0.717) is 37.3 Å². The first-order valence-corrected chi connectivity index (χ1v) is 7.46. The maximum atomic E-state index is 11.5. The van der Waals surface area contributed by atoms with E-state index < -0.39 is 5.97 Å². The zero-order valence-electron chi connectivity index (χ0n) is 11.7. The van der Waals surface area contributed by atoms with Crippen molar-refractivity contribution in [2.24, 2.45) is 17.8 Å². The molecule has 0 saturated heterocycles. The van der Waals surface area contributed by atoms with E-state index in [1.54, 1.807) is 0 Å². The molecule has 0 radical (unpaired) electrons. The van der Waals surface area contributed by atoms with E-state index >= 15 is 0 Å². The number of aliphatic carboxylic acids is 1. The van der Waals surface area contributed by atoms with E-state index in [0.717, 1.165) is 19.3 Å². The summed E-state index contributed by atoms with van der Waals surface area (Å²) in [6.45, 7) is 1.06. The Hall–Kier alpha value is -1.52. The Labute approximate surface area is 119 Å². The molecule has 0 aromatic rings. The van der Waals surface area contributed by atoms with Gasteiger partial charge in [-0.25, -0.2) is 4.79 Å². The number of alkyl carbamates (subject to hydrolysis) is 1. The minimum atomic E-state index is -0.766. The fraction of sp³-hybridized carbons (Fsp3) is 0.733. The lowest BCUT2D eigenvalue weighted by Gasteiger charge is -2.17. The van der Waals surface area contributed by atoms with Gasteiger partial charge in [-0.05, 0) is 37.5 Å². The van der Waals surface area contributed by atoms with Gasteiger partial charge in [0.15, 0.2) is 0 Å². The Morgan fingerprint density at radius 2 is 2.05 bits per heavy atom. The van der Waals surface area contributed by atoms with Crippen molar-refractivity contribution in [3.63, 3.8) is 0 Å². The molecule has 5 nitrogen and oxygen atoms in total. The van der Waals surface area contributed by atoms with Gasteiger partial charge in [-0.3, -0.25) is 4.79 Å². The number of allylic oxidation sites excluding steroid dienone is 2. The molecule has 0 heterocycles. The first-order chi connectivity index (χ1) is 9.65. The second kappa shape index (κ2) is 7.31. The number of nitrogens with one attached hydrogen (secondary N) is 1. The Balaban J connectivity index is 1.47. The number of rotatable bonds is 8. The molecule has 1 amide bonds. The summed E-state index contributed by atoms with van der Waals surface area (Å²) in [6.07, 6.45) is 8.99. The van der Waals surface area contributed by atoms with Crippen molar-refractivity contribution < 1.29 is 19.4 Å². The van der Waals surface area contributed by atoms with Crippen LogP contribution in [0.2, 0.25) is 0 Å². The molecule has 2 aliphatic rings. The third-order valence-corrected chi connectivity index (χ3v) is 4.18. The van der Waals surface area contributed by atoms with E-state index in [-0.39, 0.29) is 12.5 Å².